The van der Waals surface area contributed by atoms with Crippen LogP contribution in [0.5, 0.6) is 0 Å². The van der Waals surface area contributed by atoms with E-state index in [1.165, 1.54) is 22.6 Å². The Hall–Kier alpha value is -1.35. The van der Waals surface area contributed by atoms with E-state index >= 15 is 0 Å². The number of aryl methyl sites for hydroxylation is 2. The Labute approximate surface area is 103 Å². The summed E-state index contributed by atoms with van der Waals surface area (Å²) in [5.74, 6) is 1.18. The van der Waals surface area contributed by atoms with E-state index in [0.29, 0.717) is 0 Å². The third-order valence-electron chi connectivity index (χ3n) is 3.03. The van der Waals surface area contributed by atoms with Crippen molar-refractivity contribution >= 4 is 5.52 Å². The van der Waals surface area contributed by atoms with Crippen molar-refractivity contribution in [3.05, 3.63) is 35.4 Å². The van der Waals surface area contributed by atoms with E-state index in [0.717, 1.165) is 25.9 Å². The maximum Gasteiger partial charge on any atom is 0.113 e. The van der Waals surface area contributed by atoms with Crippen molar-refractivity contribution in [2.75, 3.05) is 6.54 Å². The summed E-state index contributed by atoms with van der Waals surface area (Å²) in [5, 5.41) is 3.36. The molecule has 0 aliphatic rings. The van der Waals surface area contributed by atoms with Gasteiger partial charge in [0.05, 0.1) is 11.2 Å². The molecular weight excluding hydrogens is 210 g/mol. The van der Waals surface area contributed by atoms with Gasteiger partial charge in [0.1, 0.15) is 5.82 Å². The molecular formula is C14H21N3. The molecule has 0 radical (unpaired) electrons. The minimum Gasteiger partial charge on any atom is -0.311 e. The van der Waals surface area contributed by atoms with E-state index < -0.39 is 0 Å². The molecule has 2 heterocycles. The Morgan fingerprint density at radius 3 is 2.88 bits per heavy atom. The predicted octanol–water partition coefficient (Wildman–Crippen LogP) is 2.70. The van der Waals surface area contributed by atoms with E-state index in [4.69, 9.17) is 4.98 Å². The van der Waals surface area contributed by atoms with E-state index in [9.17, 15) is 0 Å². The van der Waals surface area contributed by atoms with Crippen LogP contribution in [0.2, 0.25) is 0 Å². The maximum absolute atomic E-state index is 4.78. The lowest BCUT2D eigenvalue weighted by molar-refractivity contribution is 0.713. The summed E-state index contributed by atoms with van der Waals surface area (Å²) in [7, 11) is 0. The van der Waals surface area contributed by atoms with Crippen molar-refractivity contribution in [2.45, 2.75) is 40.2 Å². The molecule has 3 nitrogen and oxygen atoms in total. The molecule has 0 amide bonds. The van der Waals surface area contributed by atoms with Crippen LogP contribution in [0.15, 0.2) is 18.3 Å². The molecule has 17 heavy (non-hydrogen) atoms. The Balaban J connectivity index is 2.50. The molecule has 0 aliphatic heterocycles. The first kappa shape index (κ1) is 12.1. The largest absolute Gasteiger partial charge is 0.311 e. The first-order valence-corrected chi connectivity index (χ1v) is 6.44. The minimum absolute atomic E-state index is 0.856. The molecule has 0 fully saturated rings. The van der Waals surface area contributed by atoms with Crippen LogP contribution in [-0.4, -0.2) is 15.9 Å². The summed E-state index contributed by atoms with van der Waals surface area (Å²) in [4.78, 5) is 4.78. The van der Waals surface area contributed by atoms with Crippen LogP contribution in [0.4, 0.5) is 0 Å². The summed E-state index contributed by atoms with van der Waals surface area (Å²) in [6.45, 7) is 8.31. The van der Waals surface area contributed by atoms with Crippen molar-refractivity contribution in [3.63, 3.8) is 0 Å². The molecule has 0 unspecified atom stereocenters. The second-order valence-electron chi connectivity index (χ2n) is 4.41. The number of nitrogens with one attached hydrogen (secondary N) is 1. The van der Waals surface area contributed by atoms with Crippen LogP contribution < -0.4 is 5.32 Å². The second kappa shape index (κ2) is 5.32. The Kier molecular flexibility index (Phi) is 3.79. The fourth-order valence-electron chi connectivity index (χ4n) is 2.23. The van der Waals surface area contributed by atoms with Crippen LogP contribution in [0.3, 0.4) is 0 Å². The van der Waals surface area contributed by atoms with E-state index in [1.54, 1.807) is 0 Å². The molecule has 0 atom stereocenters. The summed E-state index contributed by atoms with van der Waals surface area (Å²) in [5.41, 5.74) is 3.75. The van der Waals surface area contributed by atoms with Gasteiger partial charge in [-0.15, -0.1) is 0 Å². The predicted molar refractivity (Wildman–Crippen MR) is 71.3 cm³/mol. The number of imidazole rings is 1. The Morgan fingerprint density at radius 1 is 1.35 bits per heavy atom. The lowest BCUT2D eigenvalue weighted by Gasteiger charge is -2.03. The zero-order valence-corrected chi connectivity index (χ0v) is 11.0. The van der Waals surface area contributed by atoms with Gasteiger partial charge < -0.3 is 9.72 Å². The van der Waals surface area contributed by atoms with Crippen LogP contribution in [0.25, 0.3) is 5.52 Å². The molecule has 2 aromatic rings. The smallest absolute Gasteiger partial charge is 0.113 e. The quantitative estimate of drug-likeness (QED) is 0.857. The summed E-state index contributed by atoms with van der Waals surface area (Å²) in [6.07, 6.45) is 4.29. The summed E-state index contributed by atoms with van der Waals surface area (Å²) < 4.78 is 2.24. The highest BCUT2D eigenvalue weighted by atomic mass is 15.0. The number of aromatic nitrogens is 2. The monoisotopic (exact) mass is 231 g/mol. The average molecular weight is 231 g/mol. The van der Waals surface area contributed by atoms with Crippen LogP contribution in [0, 0.1) is 6.92 Å². The van der Waals surface area contributed by atoms with Gasteiger partial charge in [-0.1, -0.05) is 19.9 Å². The maximum atomic E-state index is 4.78. The molecule has 0 bridgehead atoms. The molecule has 0 aliphatic carbocycles. The van der Waals surface area contributed by atoms with E-state index in [2.05, 4.69) is 48.8 Å². The van der Waals surface area contributed by atoms with Gasteiger partial charge in [-0.2, -0.15) is 0 Å². The fraction of sp³-hybridized carbons (Fsp3) is 0.500. The highest BCUT2D eigenvalue weighted by Crippen LogP contribution is 2.18. The Morgan fingerprint density at radius 2 is 2.18 bits per heavy atom. The molecule has 0 saturated carbocycles. The first-order chi connectivity index (χ1) is 8.27. The molecule has 1 N–H and O–H groups in total. The molecule has 2 aromatic heterocycles. The standard InChI is InChI=1S/C14H21N3/c1-4-7-13-16-12(10-15-5-2)14-11(3)8-6-9-17(13)14/h6,8-9,15H,4-5,7,10H2,1-3H3. The number of hydrogen-bond acceptors (Lipinski definition) is 2. The summed E-state index contributed by atoms with van der Waals surface area (Å²) in [6, 6.07) is 4.25. The van der Waals surface area contributed by atoms with Gasteiger partial charge in [-0.25, -0.2) is 4.98 Å². The SMILES string of the molecule is CCCc1nc(CNCC)c2c(C)cccn12. The van der Waals surface area contributed by atoms with Gasteiger partial charge in [0.2, 0.25) is 0 Å². The molecule has 92 valence electrons. The topological polar surface area (TPSA) is 29.3 Å². The van der Waals surface area contributed by atoms with Crippen molar-refractivity contribution in [3.8, 4) is 0 Å². The van der Waals surface area contributed by atoms with Crippen molar-refractivity contribution in [2.24, 2.45) is 0 Å². The van der Waals surface area contributed by atoms with Gasteiger partial charge in [-0.05, 0) is 31.5 Å². The molecule has 0 spiro atoms. The van der Waals surface area contributed by atoms with Crippen LogP contribution in [-0.2, 0) is 13.0 Å². The normalized spacial score (nSPS) is 11.2. The van der Waals surface area contributed by atoms with Crippen LogP contribution in [0.1, 0.15) is 37.4 Å². The fourth-order valence-corrected chi connectivity index (χ4v) is 2.23. The van der Waals surface area contributed by atoms with Gasteiger partial charge in [0.25, 0.3) is 0 Å². The zero-order valence-electron chi connectivity index (χ0n) is 11.0. The highest BCUT2D eigenvalue weighted by Gasteiger charge is 2.11. The Bertz CT molecular complexity index is 499. The van der Waals surface area contributed by atoms with Gasteiger partial charge in [-0.3, -0.25) is 0 Å². The minimum atomic E-state index is 0.856. The molecule has 0 saturated heterocycles. The third kappa shape index (κ3) is 2.34. The molecule has 2 rings (SSSR count). The van der Waals surface area contributed by atoms with E-state index in [1.807, 2.05) is 0 Å². The number of fused-ring (bicyclic) bond motifs is 1. The van der Waals surface area contributed by atoms with Crippen LogP contribution >= 0.6 is 0 Å². The van der Waals surface area contributed by atoms with Crippen molar-refractivity contribution < 1.29 is 0 Å². The zero-order chi connectivity index (χ0) is 12.3. The van der Waals surface area contributed by atoms with Crippen molar-refractivity contribution in [1.82, 2.24) is 14.7 Å². The average Bonchev–Trinajstić information content (AvgIpc) is 2.67. The third-order valence-corrected chi connectivity index (χ3v) is 3.03. The number of hydrogen-bond donors (Lipinski definition) is 1. The van der Waals surface area contributed by atoms with Gasteiger partial charge in [0.15, 0.2) is 0 Å². The summed E-state index contributed by atoms with van der Waals surface area (Å²) >= 11 is 0. The second-order valence-corrected chi connectivity index (χ2v) is 4.41. The van der Waals surface area contributed by atoms with E-state index in [-0.39, 0.29) is 0 Å². The lowest BCUT2D eigenvalue weighted by atomic mass is 10.2. The number of pyridine rings is 1. The first-order valence-electron chi connectivity index (χ1n) is 6.44. The van der Waals surface area contributed by atoms with Crippen molar-refractivity contribution in [1.29, 1.82) is 0 Å². The van der Waals surface area contributed by atoms with Gasteiger partial charge in [0, 0.05) is 19.2 Å². The van der Waals surface area contributed by atoms with Gasteiger partial charge >= 0.3 is 0 Å². The number of rotatable bonds is 5. The molecule has 0 aromatic carbocycles. The molecule has 3 heteroatoms. The lowest BCUT2D eigenvalue weighted by Crippen LogP contribution is -2.12. The highest BCUT2D eigenvalue weighted by molar-refractivity contribution is 5.59. The number of nitrogens with zero attached hydrogens (tertiary/aromatic N) is 2.